The van der Waals surface area contributed by atoms with Crippen LogP contribution in [0.3, 0.4) is 0 Å². The van der Waals surface area contributed by atoms with Crippen molar-refractivity contribution in [2.75, 3.05) is 13.2 Å². The zero-order valence-corrected chi connectivity index (χ0v) is 13.6. The Morgan fingerprint density at radius 1 is 1.29 bits per heavy atom. The summed E-state index contributed by atoms with van der Waals surface area (Å²) in [6.45, 7) is 7.46. The monoisotopic (exact) mass is 303 g/mol. The van der Waals surface area contributed by atoms with Gasteiger partial charge in [-0.15, -0.1) is 11.3 Å². The van der Waals surface area contributed by atoms with E-state index < -0.39 is 0 Å². The highest BCUT2D eigenvalue weighted by Crippen LogP contribution is 2.19. The van der Waals surface area contributed by atoms with E-state index in [2.05, 4.69) is 6.07 Å². The van der Waals surface area contributed by atoms with Crippen LogP contribution in [0.15, 0.2) is 35.7 Å². The fourth-order valence-corrected chi connectivity index (χ4v) is 2.88. The van der Waals surface area contributed by atoms with Crippen LogP contribution in [0.4, 0.5) is 0 Å². The molecule has 0 bridgehead atoms. The number of hydrogen-bond acceptors (Lipinski definition) is 3. The molecule has 0 atom stereocenters. The largest absolute Gasteiger partial charge is 0.484 e. The van der Waals surface area contributed by atoms with Crippen molar-refractivity contribution in [1.82, 2.24) is 4.90 Å². The molecule has 0 unspecified atom stereocenters. The lowest BCUT2D eigenvalue weighted by atomic mass is 10.1. The van der Waals surface area contributed by atoms with Gasteiger partial charge in [0.15, 0.2) is 6.61 Å². The van der Waals surface area contributed by atoms with Crippen molar-refractivity contribution in [3.63, 3.8) is 0 Å². The second kappa shape index (κ2) is 7.27. The molecular formula is C17H21NO2S. The number of carbonyl (C=O) groups excluding carboxylic acids is 1. The minimum atomic E-state index is 0.0193. The van der Waals surface area contributed by atoms with Gasteiger partial charge in [-0.25, -0.2) is 0 Å². The SMILES string of the molecule is CCN(Cc1cccs1)C(=O)COc1ccc(C)cc1C. The highest BCUT2D eigenvalue weighted by Gasteiger charge is 2.14. The van der Waals surface area contributed by atoms with Gasteiger partial charge < -0.3 is 9.64 Å². The molecule has 1 amide bonds. The first-order valence-electron chi connectivity index (χ1n) is 7.10. The molecule has 0 saturated carbocycles. The number of hydrogen-bond donors (Lipinski definition) is 0. The summed E-state index contributed by atoms with van der Waals surface area (Å²) in [5.41, 5.74) is 2.25. The fourth-order valence-electron chi connectivity index (χ4n) is 2.16. The second-order valence-electron chi connectivity index (χ2n) is 5.04. The number of rotatable bonds is 6. The zero-order valence-electron chi connectivity index (χ0n) is 12.8. The van der Waals surface area contributed by atoms with Gasteiger partial charge >= 0.3 is 0 Å². The Labute approximate surface area is 130 Å². The first-order valence-corrected chi connectivity index (χ1v) is 7.98. The maximum Gasteiger partial charge on any atom is 0.260 e. The van der Waals surface area contributed by atoms with E-state index in [1.165, 1.54) is 10.4 Å². The Bertz CT molecular complexity index is 593. The number of likely N-dealkylation sites (N-methyl/N-ethyl adjacent to an activating group) is 1. The Morgan fingerprint density at radius 3 is 2.71 bits per heavy atom. The second-order valence-corrected chi connectivity index (χ2v) is 6.08. The number of aryl methyl sites for hydroxylation is 2. The highest BCUT2D eigenvalue weighted by atomic mass is 32.1. The van der Waals surface area contributed by atoms with E-state index in [1.54, 1.807) is 11.3 Å². The molecule has 0 aliphatic rings. The van der Waals surface area contributed by atoms with E-state index in [0.717, 1.165) is 11.3 Å². The minimum Gasteiger partial charge on any atom is -0.484 e. The van der Waals surface area contributed by atoms with Crippen molar-refractivity contribution in [2.45, 2.75) is 27.3 Å². The smallest absolute Gasteiger partial charge is 0.260 e. The topological polar surface area (TPSA) is 29.5 Å². The maximum absolute atomic E-state index is 12.3. The quantitative estimate of drug-likeness (QED) is 0.812. The Morgan fingerprint density at radius 2 is 2.10 bits per heavy atom. The molecule has 1 aromatic heterocycles. The predicted octanol–water partition coefficient (Wildman–Crippen LogP) is 3.79. The molecule has 4 heteroatoms. The Kier molecular flexibility index (Phi) is 5.39. The van der Waals surface area contributed by atoms with Gasteiger partial charge in [0.25, 0.3) is 5.91 Å². The van der Waals surface area contributed by atoms with E-state index in [4.69, 9.17) is 4.74 Å². The van der Waals surface area contributed by atoms with Gasteiger partial charge in [-0.2, -0.15) is 0 Å². The van der Waals surface area contributed by atoms with Gasteiger partial charge in [0.1, 0.15) is 5.75 Å². The van der Waals surface area contributed by atoms with Crippen LogP contribution in [0.25, 0.3) is 0 Å². The molecule has 112 valence electrons. The molecule has 2 aromatic rings. The van der Waals surface area contributed by atoms with Crippen LogP contribution in [-0.4, -0.2) is 24.0 Å². The molecule has 0 fully saturated rings. The van der Waals surface area contributed by atoms with Crippen molar-refractivity contribution in [2.24, 2.45) is 0 Å². The number of nitrogens with zero attached hydrogens (tertiary/aromatic N) is 1. The lowest BCUT2D eigenvalue weighted by Gasteiger charge is -2.20. The molecule has 0 N–H and O–H groups in total. The third-order valence-electron chi connectivity index (χ3n) is 3.34. The van der Waals surface area contributed by atoms with E-state index in [9.17, 15) is 4.79 Å². The van der Waals surface area contributed by atoms with Gasteiger partial charge in [-0.05, 0) is 43.8 Å². The van der Waals surface area contributed by atoms with Crippen LogP contribution < -0.4 is 4.74 Å². The lowest BCUT2D eigenvalue weighted by molar-refractivity contribution is -0.133. The molecule has 3 nitrogen and oxygen atoms in total. The number of carbonyl (C=O) groups is 1. The third kappa shape index (κ3) is 4.33. The van der Waals surface area contributed by atoms with Gasteiger partial charge in [-0.1, -0.05) is 23.8 Å². The summed E-state index contributed by atoms with van der Waals surface area (Å²) in [4.78, 5) is 15.3. The van der Waals surface area contributed by atoms with Crippen molar-refractivity contribution < 1.29 is 9.53 Å². The highest BCUT2D eigenvalue weighted by molar-refractivity contribution is 7.09. The number of amides is 1. The van der Waals surface area contributed by atoms with Gasteiger partial charge in [0, 0.05) is 11.4 Å². The Hall–Kier alpha value is -1.81. The summed E-state index contributed by atoms with van der Waals surface area (Å²) in [6, 6.07) is 10.0. The molecule has 21 heavy (non-hydrogen) atoms. The molecule has 0 radical (unpaired) electrons. The van der Waals surface area contributed by atoms with Crippen LogP contribution in [0.2, 0.25) is 0 Å². The van der Waals surface area contributed by atoms with Crippen molar-refractivity contribution in [3.8, 4) is 5.75 Å². The number of ether oxygens (including phenoxy) is 1. The predicted molar refractivity (Wildman–Crippen MR) is 86.8 cm³/mol. The summed E-state index contributed by atoms with van der Waals surface area (Å²) in [5.74, 6) is 0.798. The molecule has 0 aliphatic heterocycles. The van der Waals surface area contributed by atoms with Crippen molar-refractivity contribution in [3.05, 3.63) is 51.7 Å². The van der Waals surface area contributed by atoms with Crippen molar-refractivity contribution in [1.29, 1.82) is 0 Å². The van der Waals surface area contributed by atoms with E-state index in [0.29, 0.717) is 13.1 Å². The summed E-state index contributed by atoms with van der Waals surface area (Å²) in [7, 11) is 0. The Balaban J connectivity index is 1.93. The molecule has 1 aromatic carbocycles. The lowest BCUT2D eigenvalue weighted by Crippen LogP contribution is -2.34. The summed E-state index contributed by atoms with van der Waals surface area (Å²) < 4.78 is 5.67. The molecule has 1 heterocycles. The van der Waals surface area contributed by atoms with E-state index >= 15 is 0 Å². The molecule has 0 aliphatic carbocycles. The first-order chi connectivity index (χ1) is 10.1. The van der Waals surface area contributed by atoms with E-state index in [1.807, 2.05) is 55.3 Å². The molecule has 2 rings (SSSR count). The van der Waals surface area contributed by atoms with Crippen molar-refractivity contribution >= 4 is 17.2 Å². The average Bonchev–Trinajstić information content (AvgIpc) is 2.96. The fraction of sp³-hybridized carbons (Fsp3) is 0.353. The normalized spacial score (nSPS) is 10.4. The van der Waals surface area contributed by atoms with Crippen LogP contribution in [0.5, 0.6) is 5.75 Å². The van der Waals surface area contributed by atoms with E-state index in [-0.39, 0.29) is 12.5 Å². The maximum atomic E-state index is 12.3. The summed E-state index contributed by atoms with van der Waals surface area (Å²) in [6.07, 6.45) is 0. The van der Waals surface area contributed by atoms with Crippen LogP contribution >= 0.6 is 11.3 Å². The van der Waals surface area contributed by atoms with Gasteiger partial charge in [0.05, 0.1) is 6.54 Å². The third-order valence-corrected chi connectivity index (χ3v) is 4.20. The minimum absolute atomic E-state index is 0.0193. The first kappa shape index (κ1) is 15.6. The van der Waals surface area contributed by atoms with Crippen LogP contribution in [0, 0.1) is 13.8 Å². The standard InChI is InChI=1S/C17H21NO2S/c1-4-18(11-15-6-5-9-21-15)17(19)12-20-16-8-7-13(2)10-14(16)3/h5-10H,4,11-12H2,1-3H3. The average molecular weight is 303 g/mol. The summed E-state index contributed by atoms with van der Waals surface area (Å²) in [5, 5.41) is 2.03. The molecule has 0 saturated heterocycles. The van der Waals surface area contributed by atoms with Crippen LogP contribution in [0.1, 0.15) is 22.9 Å². The number of benzene rings is 1. The number of thiophene rings is 1. The zero-order chi connectivity index (χ0) is 15.2. The van der Waals surface area contributed by atoms with Gasteiger partial charge in [-0.3, -0.25) is 4.79 Å². The molecule has 0 spiro atoms. The van der Waals surface area contributed by atoms with Crippen LogP contribution in [-0.2, 0) is 11.3 Å². The van der Waals surface area contributed by atoms with Gasteiger partial charge in [0.2, 0.25) is 0 Å². The summed E-state index contributed by atoms with van der Waals surface area (Å²) >= 11 is 1.67. The molecular weight excluding hydrogens is 282 g/mol.